The Bertz CT molecular complexity index is 1240. The highest BCUT2D eigenvalue weighted by Crippen LogP contribution is 2.31. The number of rotatable bonds is 8. The molecule has 0 fully saturated rings. The number of anilines is 1. The molecule has 166 valence electrons. The maximum atomic E-state index is 12.9. The molecule has 0 unspecified atom stereocenters. The maximum Gasteiger partial charge on any atom is 0.264 e. The second kappa shape index (κ2) is 9.13. The first-order valence-corrected chi connectivity index (χ1v) is 10.4. The van der Waals surface area contributed by atoms with Crippen molar-refractivity contribution in [1.82, 2.24) is 14.8 Å². The molecule has 32 heavy (non-hydrogen) atoms. The van der Waals surface area contributed by atoms with Crippen molar-refractivity contribution in [2.45, 2.75) is 26.8 Å². The number of carbonyl (C=O) groups excluding carboxylic acids is 1. The van der Waals surface area contributed by atoms with Crippen molar-refractivity contribution in [3.05, 3.63) is 54.4 Å². The highest BCUT2D eigenvalue weighted by molar-refractivity contribution is 5.94. The molecule has 2 aromatic carbocycles. The molecule has 2 heterocycles. The summed E-state index contributed by atoms with van der Waals surface area (Å²) >= 11 is 0. The van der Waals surface area contributed by atoms with Crippen LogP contribution in [0, 0.1) is 5.92 Å². The third kappa shape index (κ3) is 4.44. The van der Waals surface area contributed by atoms with E-state index in [0.717, 1.165) is 10.9 Å². The fourth-order valence-electron chi connectivity index (χ4n) is 3.60. The topological polar surface area (TPSA) is 91.4 Å². The maximum absolute atomic E-state index is 12.9. The highest BCUT2D eigenvalue weighted by Gasteiger charge is 2.19. The molecule has 8 heteroatoms. The smallest absolute Gasteiger partial charge is 0.264 e. The van der Waals surface area contributed by atoms with Crippen LogP contribution in [-0.2, 0) is 17.8 Å². The zero-order valence-electron chi connectivity index (χ0n) is 18.6. The fourth-order valence-corrected chi connectivity index (χ4v) is 3.60. The molecule has 0 aliphatic heterocycles. The van der Waals surface area contributed by atoms with E-state index in [9.17, 15) is 4.79 Å². The molecule has 1 amide bonds. The van der Waals surface area contributed by atoms with Gasteiger partial charge in [0.25, 0.3) is 5.89 Å². The molecule has 0 spiro atoms. The summed E-state index contributed by atoms with van der Waals surface area (Å²) in [5, 5.41) is 12.3. The summed E-state index contributed by atoms with van der Waals surface area (Å²) in [6, 6.07) is 15.1. The van der Waals surface area contributed by atoms with Crippen LogP contribution in [0.2, 0.25) is 0 Å². The van der Waals surface area contributed by atoms with Gasteiger partial charge in [0.15, 0.2) is 11.5 Å². The van der Waals surface area contributed by atoms with Gasteiger partial charge in [0.05, 0.1) is 14.2 Å². The van der Waals surface area contributed by atoms with Gasteiger partial charge < -0.3 is 23.8 Å². The Labute approximate surface area is 186 Å². The van der Waals surface area contributed by atoms with E-state index in [0.29, 0.717) is 47.0 Å². The van der Waals surface area contributed by atoms with Gasteiger partial charge in [-0.05, 0) is 30.2 Å². The molecule has 0 atom stereocenters. The first kappa shape index (κ1) is 21.4. The lowest BCUT2D eigenvalue weighted by molar-refractivity contribution is -0.116. The molecule has 0 aliphatic carbocycles. The number of nitrogens with zero attached hydrogens (tertiary/aromatic N) is 3. The van der Waals surface area contributed by atoms with Gasteiger partial charge in [0, 0.05) is 29.1 Å². The second-order valence-electron chi connectivity index (χ2n) is 7.89. The van der Waals surface area contributed by atoms with Crippen LogP contribution in [-0.4, -0.2) is 34.9 Å². The normalized spacial score (nSPS) is 11.2. The Morgan fingerprint density at radius 3 is 2.59 bits per heavy atom. The Kier molecular flexibility index (Phi) is 6.11. The Balaban J connectivity index is 1.63. The third-order valence-electron chi connectivity index (χ3n) is 5.05. The second-order valence-corrected chi connectivity index (χ2v) is 7.89. The molecule has 8 nitrogen and oxygen atoms in total. The van der Waals surface area contributed by atoms with Crippen LogP contribution in [0.25, 0.3) is 22.5 Å². The van der Waals surface area contributed by atoms with E-state index in [1.165, 1.54) is 0 Å². The van der Waals surface area contributed by atoms with E-state index < -0.39 is 0 Å². The van der Waals surface area contributed by atoms with E-state index in [4.69, 9.17) is 13.9 Å². The van der Waals surface area contributed by atoms with Crippen LogP contribution in [0.4, 0.5) is 5.69 Å². The minimum absolute atomic E-state index is 0.0824. The fraction of sp³-hybridized carbons (Fsp3) is 0.292. The predicted molar refractivity (Wildman–Crippen MR) is 122 cm³/mol. The van der Waals surface area contributed by atoms with Crippen molar-refractivity contribution in [3.63, 3.8) is 0 Å². The standard InChI is InChI=1S/C24H26N4O4/c1-15(2)11-23-26-27-24(32-23)19-12-16-7-5-6-8-18(16)28(19)14-22(29)25-17-9-10-20(30-3)21(13-17)31-4/h5-10,12-13,15H,11,14H2,1-4H3,(H,25,29). The number of nitrogens with one attached hydrogen (secondary N) is 1. The first-order chi connectivity index (χ1) is 15.5. The van der Waals surface area contributed by atoms with E-state index in [-0.39, 0.29) is 12.5 Å². The number of benzene rings is 2. The molecule has 0 saturated carbocycles. The quantitative estimate of drug-likeness (QED) is 0.438. The number of methoxy groups -OCH3 is 2. The molecular weight excluding hydrogens is 408 g/mol. The van der Waals surface area contributed by atoms with Crippen LogP contribution in [0.3, 0.4) is 0 Å². The van der Waals surface area contributed by atoms with E-state index >= 15 is 0 Å². The van der Waals surface area contributed by atoms with Crippen LogP contribution in [0.1, 0.15) is 19.7 Å². The zero-order valence-corrected chi connectivity index (χ0v) is 18.6. The number of amides is 1. The Hall–Kier alpha value is -3.81. The molecule has 1 N–H and O–H groups in total. The van der Waals surface area contributed by atoms with Crippen molar-refractivity contribution in [2.75, 3.05) is 19.5 Å². The predicted octanol–water partition coefficient (Wildman–Crippen LogP) is 4.55. The van der Waals surface area contributed by atoms with Crippen LogP contribution in [0.15, 0.2) is 52.9 Å². The highest BCUT2D eigenvalue weighted by atomic mass is 16.5. The van der Waals surface area contributed by atoms with Crippen molar-refractivity contribution in [2.24, 2.45) is 5.92 Å². The molecule has 0 saturated heterocycles. The van der Waals surface area contributed by atoms with Gasteiger partial charge in [-0.25, -0.2) is 0 Å². The lowest BCUT2D eigenvalue weighted by Gasteiger charge is -2.12. The van der Waals surface area contributed by atoms with Gasteiger partial charge in [-0.2, -0.15) is 0 Å². The van der Waals surface area contributed by atoms with Gasteiger partial charge in [0.2, 0.25) is 11.8 Å². The van der Waals surface area contributed by atoms with E-state index in [2.05, 4.69) is 29.4 Å². The van der Waals surface area contributed by atoms with Crippen LogP contribution >= 0.6 is 0 Å². The minimum Gasteiger partial charge on any atom is -0.493 e. The molecule has 0 aliphatic rings. The van der Waals surface area contributed by atoms with Gasteiger partial charge in [-0.1, -0.05) is 32.0 Å². The lowest BCUT2D eigenvalue weighted by atomic mass is 10.1. The molecule has 4 aromatic rings. The van der Waals surface area contributed by atoms with E-state index in [1.807, 2.05) is 34.9 Å². The monoisotopic (exact) mass is 434 g/mol. The molecule has 0 bridgehead atoms. The minimum atomic E-state index is -0.193. The summed E-state index contributed by atoms with van der Waals surface area (Å²) in [6.45, 7) is 4.28. The molecule has 4 rings (SSSR count). The molecular formula is C24H26N4O4. The number of fused-ring (bicyclic) bond motifs is 1. The van der Waals surface area contributed by atoms with Gasteiger partial charge in [-0.3, -0.25) is 4.79 Å². The summed E-state index contributed by atoms with van der Waals surface area (Å²) < 4.78 is 18.4. The Morgan fingerprint density at radius 1 is 1.06 bits per heavy atom. The molecule has 0 radical (unpaired) electrons. The zero-order chi connectivity index (χ0) is 22.7. The number of hydrogen-bond acceptors (Lipinski definition) is 6. The van der Waals surface area contributed by atoms with Crippen molar-refractivity contribution in [3.8, 4) is 23.1 Å². The van der Waals surface area contributed by atoms with Gasteiger partial charge in [0.1, 0.15) is 12.2 Å². The summed E-state index contributed by atoms with van der Waals surface area (Å²) in [5.41, 5.74) is 2.23. The summed E-state index contributed by atoms with van der Waals surface area (Å²) in [5.74, 6) is 2.33. The molecule has 2 aromatic heterocycles. The lowest BCUT2D eigenvalue weighted by Crippen LogP contribution is -2.19. The summed E-state index contributed by atoms with van der Waals surface area (Å²) in [7, 11) is 3.12. The van der Waals surface area contributed by atoms with Crippen LogP contribution < -0.4 is 14.8 Å². The number of para-hydroxylation sites is 1. The summed E-state index contributed by atoms with van der Waals surface area (Å²) in [4.78, 5) is 12.9. The number of carbonyl (C=O) groups is 1. The number of ether oxygens (including phenoxy) is 2. The van der Waals surface area contributed by atoms with Crippen molar-refractivity contribution >= 4 is 22.5 Å². The number of hydrogen-bond donors (Lipinski definition) is 1. The average molecular weight is 434 g/mol. The van der Waals surface area contributed by atoms with Crippen molar-refractivity contribution in [1.29, 1.82) is 0 Å². The third-order valence-corrected chi connectivity index (χ3v) is 5.05. The first-order valence-electron chi connectivity index (χ1n) is 10.4. The summed E-state index contributed by atoms with van der Waals surface area (Å²) in [6.07, 6.45) is 0.701. The van der Waals surface area contributed by atoms with E-state index in [1.54, 1.807) is 32.4 Å². The van der Waals surface area contributed by atoms with Gasteiger partial charge in [-0.15, -0.1) is 10.2 Å². The van der Waals surface area contributed by atoms with Crippen molar-refractivity contribution < 1.29 is 18.7 Å². The Morgan fingerprint density at radius 2 is 1.84 bits per heavy atom. The number of aromatic nitrogens is 3. The van der Waals surface area contributed by atoms with Gasteiger partial charge >= 0.3 is 0 Å². The SMILES string of the molecule is COc1ccc(NC(=O)Cn2c(-c3nnc(CC(C)C)o3)cc3ccccc32)cc1OC. The largest absolute Gasteiger partial charge is 0.493 e. The average Bonchev–Trinajstić information content (AvgIpc) is 3.38. The van der Waals surface area contributed by atoms with Crippen LogP contribution in [0.5, 0.6) is 11.5 Å².